The molecule has 0 aromatic rings. The molecule has 0 heterocycles. The molecule has 0 spiro atoms. The third-order valence-corrected chi connectivity index (χ3v) is 1.65. The summed E-state index contributed by atoms with van der Waals surface area (Å²) in [6.45, 7) is 7.95. The van der Waals surface area contributed by atoms with Crippen molar-refractivity contribution in [2.45, 2.75) is 40.5 Å². The van der Waals surface area contributed by atoms with Gasteiger partial charge in [0.1, 0.15) is 0 Å². The Hall–Kier alpha value is -0.330. The Labute approximate surface area is 63.1 Å². The Kier molecular flexibility index (Phi) is 4.33. The minimum atomic E-state index is 0.123. The van der Waals surface area contributed by atoms with E-state index in [0.717, 1.165) is 12.0 Å². The van der Waals surface area contributed by atoms with E-state index in [1.807, 2.05) is 20.8 Å². The summed E-state index contributed by atoms with van der Waals surface area (Å²) in [4.78, 5) is 0. The van der Waals surface area contributed by atoms with Crippen molar-refractivity contribution in [3.8, 4) is 0 Å². The van der Waals surface area contributed by atoms with Gasteiger partial charge in [0.2, 0.25) is 0 Å². The van der Waals surface area contributed by atoms with Crippen LogP contribution in [0.1, 0.15) is 40.5 Å². The Balaban J connectivity index is 0.000000371. The van der Waals surface area contributed by atoms with Crippen LogP contribution in [0.4, 0.5) is 4.39 Å². The maximum absolute atomic E-state index is 12.4. The van der Waals surface area contributed by atoms with Gasteiger partial charge in [0.15, 0.2) is 0 Å². The highest BCUT2D eigenvalue weighted by Crippen LogP contribution is 2.30. The van der Waals surface area contributed by atoms with Crippen LogP contribution in [0.25, 0.3) is 0 Å². The SMILES string of the molecule is CC.CC1=C(F)CC(C)C1. The first-order chi connectivity index (χ1) is 4.70. The van der Waals surface area contributed by atoms with Crippen molar-refractivity contribution < 1.29 is 4.39 Å². The van der Waals surface area contributed by atoms with E-state index in [-0.39, 0.29) is 5.83 Å². The lowest BCUT2D eigenvalue weighted by atomic mass is 10.1. The third-order valence-electron chi connectivity index (χ3n) is 1.65. The summed E-state index contributed by atoms with van der Waals surface area (Å²) in [5.41, 5.74) is 0.956. The van der Waals surface area contributed by atoms with Crippen LogP contribution in [-0.2, 0) is 0 Å². The number of rotatable bonds is 0. The molecular formula is C9H17F. The standard InChI is InChI=1S/C7H11F.C2H6/c1-5-3-6(2)7(8)4-5;1-2/h5H,3-4H2,1-2H3;1-2H3. The predicted molar refractivity (Wildman–Crippen MR) is 43.6 cm³/mol. The second-order valence-corrected chi connectivity index (χ2v) is 2.70. The monoisotopic (exact) mass is 144 g/mol. The molecule has 0 radical (unpaired) electrons. The molecule has 0 aromatic heterocycles. The Morgan fingerprint density at radius 1 is 1.30 bits per heavy atom. The lowest BCUT2D eigenvalue weighted by Crippen LogP contribution is -1.82. The summed E-state index contributed by atoms with van der Waals surface area (Å²) in [5, 5.41) is 0. The van der Waals surface area contributed by atoms with Crippen molar-refractivity contribution >= 4 is 0 Å². The number of hydrogen-bond donors (Lipinski definition) is 0. The summed E-state index contributed by atoms with van der Waals surface area (Å²) in [5.74, 6) is 0.674. The molecule has 0 N–H and O–H groups in total. The average molecular weight is 144 g/mol. The normalized spacial score (nSPS) is 24.3. The molecule has 0 amide bonds. The van der Waals surface area contributed by atoms with Gasteiger partial charge < -0.3 is 0 Å². The lowest BCUT2D eigenvalue weighted by molar-refractivity contribution is 0.540. The predicted octanol–water partition coefficient (Wildman–Crippen LogP) is 3.69. The van der Waals surface area contributed by atoms with Gasteiger partial charge >= 0.3 is 0 Å². The van der Waals surface area contributed by atoms with Gasteiger partial charge in [-0.1, -0.05) is 20.8 Å². The van der Waals surface area contributed by atoms with Crippen LogP contribution in [0.15, 0.2) is 11.4 Å². The molecule has 0 nitrogen and oxygen atoms in total. The van der Waals surface area contributed by atoms with E-state index in [0.29, 0.717) is 12.3 Å². The molecule has 10 heavy (non-hydrogen) atoms. The number of halogens is 1. The maximum atomic E-state index is 12.4. The molecule has 0 aromatic carbocycles. The van der Waals surface area contributed by atoms with E-state index >= 15 is 0 Å². The second-order valence-electron chi connectivity index (χ2n) is 2.70. The molecule has 0 saturated carbocycles. The molecular weight excluding hydrogens is 127 g/mol. The second kappa shape index (κ2) is 4.48. The highest BCUT2D eigenvalue weighted by Gasteiger charge is 2.16. The van der Waals surface area contributed by atoms with E-state index in [9.17, 15) is 4.39 Å². The Bertz CT molecular complexity index is 111. The minimum Gasteiger partial charge on any atom is -0.212 e. The van der Waals surface area contributed by atoms with Crippen molar-refractivity contribution in [3.05, 3.63) is 11.4 Å². The molecule has 0 bridgehead atoms. The highest BCUT2D eigenvalue weighted by atomic mass is 19.1. The average Bonchev–Trinajstić information content (AvgIpc) is 2.16. The zero-order valence-electron chi connectivity index (χ0n) is 7.37. The smallest absolute Gasteiger partial charge is 0.0991 e. The molecule has 1 unspecified atom stereocenters. The quantitative estimate of drug-likeness (QED) is 0.486. The van der Waals surface area contributed by atoms with Crippen LogP contribution >= 0.6 is 0 Å². The van der Waals surface area contributed by atoms with Crippen molar-refractivity contribution in [3.63, 3.8) is 0 Å². The van der Waals surface area contributed by atoms with Crippen molar-refractivity contribution in [2.75, 3.05) is 0 Å². The summed E-state index contributed by atoms with van der Waals surface area (Å²) >= 11 is 0. The molecule has 60 valence electrons. The van der Waals surface area contributed by atoms with Crippen LogP contribution in [0, 0.1) is 5.92 Å². The van der Waals surface area contributed by atoms with Crippen molar-refractivity contribution in [2.24, 2.45) is 5.92 Å². The van der Waals surface area contributed by atoms with Gasteiger partial charge in [-0.15, -0.1) is 0 Å². The van der Waals surface area contributed by atoms with Gasteiger partial charge in [-0.05, 0) is 24.8 Å². The molecule has 1 aliphatic carbocycles. The van der Waals surface area contributed by atoms with E-state index in [4.69, 9.17) is 0 Å². The van der Waals surface area contributed by atoms with Crippen molar-refractivity contribution in [1.29, 1.82) is 0 Å². The number of allylic oxidation sites excluding steroid dienone is 2. The lowest BCUT2D eigenvalue weighted by Gasteiger charge is -1.94. The summed E-state index contributed by atoms with van der Waals surface area (Å²) in [6.07, 6.45) is 1.64. The van der Waals surface area contributed by atoms with E-state index in [1.54, 1.807) is 0 Å². The largest absolute Gasteiger partial charge is 0.212 e. The van der Waals surface area contributed by atoms with Gasteiger partial charge in [-0.3, -0.25) is 0 Å². The van der Waals surface area contributed by atoms with Crippen LogP contribution < -0.4 is 0 Å². The van der Waals surface area contributed by atoms with E-state index in [1.165, 1.54) is 0 Å². The number of hydrogen-bond acceptors (Lipinski definition) is 0. The van der Waals surface area contributed by atoms with Crippen LogP contribution in [0.3, 0.4) is 0 Å². The minimum absolute atomic E-state index is 0.123. The van der Waals surface area contributed by atoms with Gasteiger partial charge in [-0.25, -0.2) is 4.39 Å². The Morgan fingerprint density at radius 2 is 1.80 bits per heavy atom. The fourth-order valence-electron chi connectivity index (χ4n) is 1.19. The van der Waals surface area contributed by atoms with Crippen LogP contribution in [-0.4, -0.2) is 0 Å². The molecule has 1 rings (SSSR count). The topological polar surface area (TPSA) is 0 Å². The molecule has 0 aliphatic heterocycles. The summed E-state index contributed by atoms with van der Waals surface area (Å²) in [7, 11) is 0. The molecule has 0 fully saturated rings. The third kappa shape index (κ3) is 2.51. The highest BCUT2D eigenvalue weighted by molar-refractivity contribution is 5.12. The molecule has 0 saturated heterocycles. The maximum Gasteiger partial charge on any atom is 0.0991 e. The van der Waals surface area contributed by atoms with Gasteiger partial charge in [0, 0.05) is 6.42 Å². The fourth-order valence-corrected chi connectivity index (χ4v) is 1.19. The van der Waals surface area contributed by atoms with Gasteiger partial charge in [0.25, 0.3) is 0 Å². The van der Waals surface area contributed by atoms with Gasteiger partial charge in [0.05, 0.1) is 5.83 Å². The van der Waals surface area contributed by atoms with E-state index < -0.39 is 0 Å². The zero-order valence-corrected chi connectivity index (χ0v) is 7.37. The van der Waals surface area contributed by atoms with Gasteiger partial charge in [-0.2, -0.15) is 0 Å². The zero-order chi connectivity index (χ0) is 8.15. The Morgan fingerprint density at radius 3 is 1.90 bits per heavy atom. The molecule has 1 atom stereocenters. The van der Waals surface area contributed by atoms with E-state index in [2.05, 4.69) is 6.92 Å². The first-order valence-corrected chi connectivity index (χ1v) is 4.04. The van der Waals surface area contributed by atoms with Crippen LogP contribution in [0.2, 0.25) is 0 Å². The van der Waals surface area contributed by atoms with Crippen LogP contribution in [0.5, 0.6) is 0 Å². The first kappa shape index (κ1) is 9.67. The molecule has 1 aliphatic rings. The summed E-state index contributed by atoms with van der Waals surface area (Å²) < 4.78 is 12.4. The fraction of sp³-hybridized carbons (Fsp3) is 0.778. The molecule has 1 heteroatoms. The van der Waals surface area contributed by atoms with Crippen molar-refractivity contribution in [1.82, 2.24) is 0 Å². The summed E-state index contributed by atoms with van der Waals surface area (Å²) in [6, 6.07) is 0. The first-order valence-electron chi connectivity index (χ1n) is 4.04.